The number of rotatable bonds is 5. The van der Waals surface area contributed by atoms with E-state index in [1.54, 1.807) is 24.0 Å². The number of carbonyl (C=O) groups is 1. The quantitative estimate of drug-likeness (QED) is 0.867. The van der Waals surface area contributed by atoms with Crippen molar-refractivity contribution in [1.82, 2.24) is 29.5 Å². The molecule has 8 nitrogen and oxygen atoms in total. The number of aryl methyl sites for hydroxylation is 2. The van der Waals surface area contributed by atoms with Crippen molar-refractivity contribution in [1.29, 1.82) is 0 Å². The average Bonchev–Trinajstić information content (AvgIpc) is 2.94. The number of anilines is 1. The number of hydrogen-bond donors (Lipinski definition) is 1. The minimum Gasteiger partial charge on any atom is -0.367 e. The van der Waals surface area contributed by atoms with Crippen LogP contribution >= 0.6 is 0 Å². The molecule has 25 heavy (non-hydrogen) atoms. The predicted octanol–water partition coefficient (Wildman–Crippen LogP) is 0.855. The highest BCUT2D eigenvalue weighted by Crippen LogP contribution is 2.11. The van der Waals surface area contributed by atoms with Crippen molar-refractivity contribution in [3.05, 3.63) is 29.8 Å². The summed E-state index contributed by atoms with van der Waals surface area (Å²) < 4.78 is 1.80. The van der Waals surface area contributed by atoms with Crippen LogP contribution in [-0.2, 0) is 4.79 Å². The lowest BCUT2D eigenvalue weighted by Crippen LogP contribution is -2.49. The Labute approximate surface area is 147 Å². The van der Waals surface area contributed by atoms with Crippen LogP contribution in [0.4, 0.5) is 5.82 Å². The highest BCUT2D eigenvalue weighted by Gasteiger charge is 2.17. The molecule has 3 heterocycles. The van der Waals surface area contributed by atoms with Crippen LogP contribution in [0, 0.1) is 13.8 Å². The molecule has 1 fully saturated rings. The second kappa shape index (κ2) is 7.60. The van der Waals surface area contributed by atoms with E-state index < -0.39 is 0 Å². The van der Waals surface area contributed by atoms with Crippen molar-refractivity contribution in [2.75, 3.05) is 44.6 Å². The molecular weight excluding hydrogens is 318 g/mol. The van der Waals surface area contributed by atoms with Gasteiger partial charge in [0.2, 0.25) is 5.91 Å². The molecule has 134 valence electrons. The molecule has 0 atom stereocenters. The molecule has 1 aliphatic rings. The maximum Gasteiger partial charge on any atom is 0.219 e. The summed E-state index contributed by atoms with van der Waals surface area (Å²) in [4.78, 5) is 24.5. The fraction of sp³-hybridized carbons (Fsp3) is 0.529. The summed E-state index contributed by atoms with van der Waals surface area (Å²) in [6, 6.07) is 2.02. The molecule has 0 unspecified atom stereocenters. The van der Waals surface area contributed by atoms with Gasteiger partial charge in [-0.2, -0.15) is 5.10 Å². The summed E-state index contributed by atoms with van der Waals surface area (Å²) in [7, 11) is 0. The molecular formula is C17H25N7O. The molecule has 1 aliphatic heterocycles. The number of aromatic nitrogens is 4. The Morgan fingerprint density at radius 2 is 1.96 bits per heavy atom. The topological polar surface area (TPSA) is 79.2 Å². The summed E-state index contributed by atoms with van der Waals surface area (Å²) in [5.41, 5.74) is 2.00. The van der Waals surface area contributed by atoms with Crippen molar-refractivity contribution < 1.29 is 4.79 Å². The van der Waals surface area contributed by atoms with Crippen molar-refractivity contribution >= 4 is 11.7 Å². The van der Waals surface area contributed by atoms with Crippen LogP contribution in [0.15, 0.2) is 18.5 Å². The van der Waals surface area contributed by atoms with E-state index in [0.29, 0.717) is 5.82 Å². The first kappa shape index (κ1) is 17.3. The standard InChI is InChI=1S/C17H25N7O/c1-13-10-14(2)24(21-13)17-12-18-11-16(20-17)19-4-5-22-6-8-23(9-7-22)15(3)25/h10-12H,4-9H2,1-3H3,(H,19,20). The summed E-state index contributed by atoms with van der Waals surface area (Å²) in [5.74, 6) is 1.62. The van der Waals surface area contributed by atoms with Crippen LogP contribution in [0.25, 0.3) is 5.82 Å². The minimum absolute atomic E-state index is 0.161. The number of nitrogens with zero attached hydrogens (tertiary/aromatic N) is 6. The third-order valence-corrected chi connectivity index (χ3v) is 4.40. The van der Waals surface area contributed by atoms with Gasteiger partial charge in [-0.3, -0.25) is 14.7 Å². The Balaban J connectivity index is 1.52. The highest BCUT2D eigenvalue weighted by molar-refractivity contribution is 5.73. The summed E-state index contributed by atoms with van der Waals surface area (Å²) in [6.45, 7) is 10.7. The smallest absolute Gasteiger partial charge is 0.219 e. The fourth-order valence-corrected chi connectivity index (χ4v) is 3.03. The van der Waals surface area contributed by atoms with E-state index in [1.165, 1.54) is 0 Å². The highest BCUT2D eigenvalue weighted by atomic mass is 16.2. The first-order valence-electron chi connectivity index (χ1n) is 8.60. The van der Waals surface area contributed by atoms with Crippen LogP contribution in [0.2, 0.25) is 0 Å². The first-order valence-corrected chi connectivity index (χ1v) is 8.60. The summed E-state index contributed by atoms with van der Waals surface area (Å²) in [5, 5.41) is 7.77. The first-order chi connectivity index (χ1) is 12.0. The molecule has 0 radical (unpaired) electrons. The molecule has 0 bridgehead atoms. The van der Waals surface area contributed by atoms with Crippen molar-refractivity contribution in [2.45, 2.75) is 20.8 Å². The monoisotopic (exact) mass is 343 g/mol. The van der Waals surface area contributed by atoms with Crippen LogP contribution < -0.4 is 5.32 Å². The Bertz CT molecular complexity index is 734. The molecule has 1 saturated heterocycles. The normalized spacial score (nSPS) is 15.4. The Kier molecular flexibility index (Phi) is 5.28. The summed E-state index contributed by atoms with van der Waals surface area (Å²) in [6.07, 6.45) is 3.44. The lowest BCUT2D eigenvalue weighted by atomic mass is 10.3. The maximum atomic E-state index is 11.4. The van der Waals surface area contributed by atoms with Crippen LogP contribution in [0.3, 0.4) is 0 Å². The number of carbonyl (C=O) groups excluding carboxylic acids is 1. The predicted molar refractivity (Wildman–Crippen MR) is 95.8 cm³/mol. The van der Waals surface area contributed by atoms with Gasteiger partial charge in [-0.05, 0) is 19.9 Å². The number of piperazine rings is 1. The summed E-state index contributed by atoms with van der Waals surface area (Å²) >= 11 is 0. The Hall–Kier alpha value is -2.48. The molecule has 0 saturated carbocycles. The largest absolute Gasteiger partial charge is 0.367 e. The maximum absolute atomic E-state index is 11.4. The van der Waals surface area contributed by atoms with E-state index in [-0.39, 0.29) is 5.91 Å². The zero-order valence-electron chi connectivity index (χ0n) is 15.1. The van der Waals surface area contributed by atoms with E-state index in [4.69, 9.17) is 0 Å². The van der Waals surface area contributed by atoms with E-state index in [1.807, 2.05) is 24.8 Å². The number of nitrogens with one attached hydrogen (secondary N) is 1. The molecule has 0 spiro atoms. The number of hydrogen-bond acceptors (Lipinski definition) is 6. The van der Waals surface area contributed by atoms with E-state index in [9.17, 15) is 4.79 Å². The number of amides is 1. The molecule has 2 aromatic heterocycles. The zero-order chi connectivity index (χ0) is 17.8. The Morgan fingerprint density at radius 3 is 2.60 bits per heavy atom. The SMILES string of the molecule is CC(=O)N1CCN(CCNc2cncc(-n3nc(C)cc3C)n2)CC1. The molecule has 0 aliphatic carbocycles. The third-order valence-electron chi connectivity index (χ3n) is 4.40. The lowest BCUT2D eigenvalue weighted by Gasteiger charge is -2.34. The van der Waals surface area contributed by atoms with Gasteiger partial charge in [-0.1, -0.05) is 0 Å². The molecule has 3 rings (SSSR count). The van der Waals surface area contributed by atoms with Crippen molar-refractivity contribution in [3.8, 4) is 5.82 Å². The molecule has 8 heteroatoms. The van der Waals surface area contributed by atoms with E-state index in [0.717, 1.165) is 56.5 Å². The minimum atomic E-state index is 0.161. The van der Waals surface area contributed by atoms with Crippen molar-refractivity contribution in [3.63, 3.8) is 0 Å². The van der Waals surface area contributed by atoms with Gasteiger partial charge in [-0.15, -0.1) is 0 Å². The van der Waals surface area contributed by atoms with Gasteiger partial charge in [0, 0.05) is 51.9 Å². The van der Waals surface area contributed by atoms with Gasteiger partial charge in [0.1, 0.15) is 5.82 Å². The van der Waals surface area contributed by atoms with Gasteiger partial charge >= 0.3 is 0 Å². The van der Waals surface area contributed by atoms with Gasteiger partial charge in [0.25, 0.3) is 0 Å². The van der Waals surface area contributed by atoms with Gasteiger partial charge in [-0.25, -0.2) is 9.67 Å². The Morgan fingerprint density at radius 1 is 1.20 bits per heavy atom. The van der Waals surface area contributed by atoms with Gasteiger partial charge in [0.05, 0.1) is 18.1 Å². The molecule has 1 N–H and O–H groups in total. The van der Waals surface area contributed by atoms with Crippen LogP contribution in [0.5, 0.6) is 0 Å². The van der Waals surface area contributed by atoms with E-state index in [2.05, 4.69) is 25.3 Å². The molecule has 1 amide bonds. The second-order valence-electron chi connectivity index (χ2n) is 6.38. The van der Waals surface area contributed by atoms with Crippen LogP contribution in [0.1, 0.15) is 18.3 Å². The molecule has 2 aromatic rings. The van der Waals surface area contributed by atoms with E-state index >= 15 is 0 Å². The average molecular weight is 343 g/mol. The second-order valence-corrected chi connectivity index (χ2v) is 6.38. The van der Waals surface area contributed by atoms with Crippen molar-refractivity contribution in [2.24, 2.45) is 0 Å². The lowest BCUT2D eigenvalue weighted by molar-refractivity contribution is -0.130. The fourth-order valence-electron chi connectivity index (χ4n) is 3.03. The zero-order valence-corrected chi connectivity index (χ0v) is 15.1. The van der Waals surface area contributed by atoms with Gasteiger partial charge in [0.15, 0.2) is 5.82 Å². The molecule has 0 aromatic carbocycles. The van der Waals surface area contributed by atoms with Crippen LogP contribution in [-0.4, -0.2) is 74.7 Å². The third kappa shape index (κ3) is 4.33. The van der Waals surface area contributed by atoms with Gasteiger partial charge < -0.3 is 10.2 Å².